The zero-order valence-corrected chi connectivity index (χ0v) is 15.0. The van der Waals surface area contributed by atoms with Crippen LogP contribution in [-0.4, -0.2) is 21.0 Å². The summed E-state index contributed by atoms with van der Waals surface area (Å²) in [5.41, 5.74) is 1.78. The lowest BCUT2D eigenvalue weighted by atomic mass is 10.2. The number of carboxylic acid groups (broad SMARTS) is 1. The van der Waals surface area contributed by atoms with Crippen molar-refractivity contribution in [2.75, 3.05) is 10.6 Å². The van der Waals surface area contributed by atoms with Gasteiger partial charge in [0, 0.05) is 16.0 Å². The minimum Gasteiger partial charge on any atom is -0.478 e. The number of aromatic nitrogens is 2. The van der Waals surface area contributed by atoms with E-state index in [-0.39, 0.29) is 5.56 Å². The first-order chi connectivity index (χ1) is 13.2. The van der Waals surface area contributed by atoms with Gasteiger partial charge in [-0.25, -0.2) is 9.78 Å². The molecule has 2 aromatic carbocycles. The van der Waals surface area contributed by atoms with Crippen molar-refractivity contribution < 1.29 is 9.90 Å². The molecule has 4 rings (SSSR count). The number of carboxylic acids is 1. The van der Waals surface area contributed by atoms with Gasteiger partial charge in [0.15, 0.2) is 0 Å². The Hall–Kier alpha value is -3.45. The predicted molar refractivity (Wildman–Crippen MR) is 108 cm³/mol. The molecule has 0 unspecified atom stereocenters. The third kappa shape index (κ3) is 3.88. The number of anilines is 3. The van der Waals surface area contributed by atoms with Crippen molar-refractivity contribution in [3.05, 3.63) is 76.5 Å². The summed E-state index contributed by atoms with van der Waals surface area (Å²) in [6, 6.07) is 18.4. The molecular weight excluding hydrogens is 360 g/mol. The zero-order chi connectivity index (χ0) is 18.6. The van der Waals surface area contributed by atoms with Crippen molar-refractivity contribution in [2.45, 2.75) is 6.54 Å². The minimum absolute atomic E-state index is 0.235. The predicted octanol–water partition coefficient (Wildman–Crippen LogP) is 4.75. The van der Waals surface area contributed by atoms with Gasteiger partial charge in [-0.1, -0.05) is 18.2 Å². The summed E-state index contributed by atoms with van der Waals surface area (Å²) in [5.74, 6) is 0.243. The van der Waals surface area contributed by atoms with Gasteiger partial charge in [-0.05, 0) is 47.8 Å². The normalized spacial score (nSPS) is 10.7. The van der Waals surface area contributed by atoms with Crippen LogP contribution in [0.3, 0.4) is 0 Å². The Labute approximate surface area is 159 Å². The molecule has 0 aliphatic heterocycles. The van der Waals surface area contributed by atoms with Crippen LogP contribution in [0.1, 0.15) is 15.2 Å². The van der Waals surface area contributed by atoms with Crippen molar-refractivity contribution in [1.29, 1.82) is 0 Å². The summed E-state index contributed by atoms with van der Waals surface area (Å²) in [6.45, 7) is 0.686. The molecule has 0 saturated carbocycles. The van der Waals surface area contributed by atoms with Gasteiger partial charge < -0.3 is 15.7 Å². The Bertz CT molecular complexity index is 1080. The van der Waals surface area contributed by atoms with Crippen molar-refractivity contribution >= 4 is 45.7 Å². The molecule has 0 fully saturated rings. The molecule has 0 saturated heterocycles. The molecule has 2 aromatic heterocycles. The smallest absolute Gasteiger partial charge is 0.335 e. The van der Waals surface area contributed by atoms with Crippen LogP contribution in [0.4, 0.5) is 17.5 Å². The summed E-state index contributed by atoms with van der Waals surface area (Å²) in [6.07, 6.45) is 0. The number of para-hydroxylation sites is 1. The van der Waals surface area contributed by atoms with Crippen molar-refractivity contribution in [3.63, 3.8) is 0 Å². The molecule has 0 spiro atoms. The monoisotopic (exact) mass is 376 g/mol. The molecule has 6 nitrogen and oxygen atoms in total. The first-order valence-electron chi connectivity index (χ1n) is 8.32. The highest BCUT2D eigenvalue weighted by molar-refractivity contribution is 7.09. The molecule has 134 valence electrons. The highest BCUT2D eigenvalue weighted by atomic mass is 32.1. The average molecular weight is 376 g/mol. The molecule has 7 heteroatoms. The van der Waals surface area contributed by atoms with Gasteiger partial charge in [-0.3, -0.25) is 0 Å². The second kappa shape index (κ2) is 7.43. The first-order valence-corrected chi connectivity index (χ1v) is 9.20. The largest absolute Gasteiger partial charge is 0.478 e. The second-order valence-electron chi connectivity index (χ2n) is 5.85. The van der Waals surface area contributed by atoms with E-state index in [0.29, 0.717) is 12.5 Å². The molecule has 0 amide bonds. The molecule has 3 N–H and O–H groups in total. The number of fused-ring (bicyclic) bond motifs is 1. The van der Waals surface area contributed by atoms with Crippen molar-refractivity contribution in [1.82, 2.24) is 9.97 Å². The number of hydrogen-bond donors (Lipinski definition) is 3. The second-order valence-corrected chi connectivity index (χ2v) is 6.89. The quantitative estimate of drug-likeness (QED) is 0.450. The Kier molecular flexibility index (Phi) is 4.67. The van der Waals surface area contributed by atoms with Crippen LogP contribution >= 0.6 is 11.3 Å². The summed E-state index contributed by atoms with van der Waals surface area (Å²) in [4.78, 5) is 21.4. The van der Waals surface area contributed by atoms with Crippen molar-refractivity contribution in [3.8, 4) is 0 Å². The van der Waals surface area contributed by atoms with E-state index in [4.69, 9.17) is 5.11 Å². The van der Waals surface area contributed by atoms with Gasteiger partial charge >= 0.3 is 5.97 Å². The van der Waals surface area contributed by atoms with Crippen LogP contribution in [0.25, 0.3) is 10.9 Å². The van der Waals surface area contributed by atoms with Gasteiger partial charge in [-0.2, -0.15) is 4.98 Å². The van der Waals surface area contributed by atoms with E-state index in [0.717, 1.165) is 22.4 Å². The number of nitrogens with one attached hydrogen (secondary N) is 2. The number of aromatic carboxylic acids is 1. The Morgan fingerprint density at radius 2 is 1.81 bits per heavy atom. The van der Waals surface area contributed by atoms with E-state index >= 15 is 0 Å². The van der Waals surface area contributed by atoms with Gasteiger partial charge in [-0.15, -0.1) is 11.3 Å². The standard InChI is InChI=1S/C20H16N4O2S/c25-19(26)13-7-9-14(10-8-13)22-20-23-17-6-2-1-5-16(17)18(24-20)21-12-15-4-3-11-27-15/h1-11H,12H2,(H,25,26)(H2,21,22,23,24). The molecule has 0 aliphatic rings. The Balaban J connectivity index is 1.63. The van der Waals surface area contributed by atoms with Crippen LogP contribution in [0.15, 0.2) is 66.0 Å². The summed E-state index contributed by atoms with van der Waals surface area (Å²) >= 11 is 1.69. The van der Waals surface area contributed by atoms with E-state index in [1.807, 2.05) is 35.7 Å². The minimum atomic E-state index is -0.955. The van der Waals surface area contributed by atoms with Crippen LogP contribution in [0, 0.1) is 0 Å². The fourth-order valence-corrected chi connectivity index (χ4v) is 3.32. The third-order valence-corrected chi connectivity index (χ3v) is 4.88. The molecule has 0 aliphatic carbocycles. The lowest BCUT2D eigenvalue weighted by Gasteiger charge is -2.11. The maximum Gasteiger partial charge on any atom is 0.335 e. The maximum atomic E-state index is 11.0. The number of benzene rings is 2. The van der Waals surface area contributed by atoms with E-state index < -0.39 is 5.97 Å². The van der Waals surface area contributed by atoms with E-state index in [1.54, 1.807) is 35.6 Å². The van der Waals surface area contributed by atoms with Crippen LogP contribution in [0.2, 0.25) is 0 Å². The van der Waals surface area contributed by atoms with Crippen LogP contribution in [-0.2, 0) is 6.54 Å². The maximum absolute atomic E-state index is 11.0. The molecule has 0 atom stereocenters. The van der Waals surface area contributed by atoms with E-state index in [1.165, 1.54) is 4.88 Å². The molecular formula is C20H16N4O2S. The molecule has 27 heavy (non-hydrogen) atoms. The number of thiophene rings is 1. The summed E-state index contributed by atoms with van der Waals surface area (Å²) in [5, 5.41) is 18.5. The average Bonchev–Trinajstić information content (AvgIpc) is 3.20. The van der Waals surface area contributed by atoms with Gasteiger partial charge in [0.05, 0.1) is 17.6 Å². The Morgan fingerprint density at radius 1 is 1.00 bits per heavy atom. The first kappa shape index (κ1) is 17.0. The third-order valence-electron chi connectivity index (χ3n) is 4.00. The Morgan fingerprint density at radius 3 is 2.56 bits per heavy atom. The molecule has 0 bridgehead atoms. The number of rotatable bonds is 6. The molecule has 4 aromatic rings. The topological polar surface area (TPSA) is 87.1 Å². The van der Waals surface area contributed by atoms with Gasteiger partial charge in [0.1, 0.15) is 5.82 Å². The number of carbonyl (C=O) groups is 1. The summed E-state index contributed by atoms with van der Waals surface area (Å²) in [7, 11) is 0. The summed E-state index contributed by atoms with van der Waals surface area (Å²) < 4.78 is 0. The van der Waals surface area contributed by atoms with Gasteiger partial charge in [0.25, 0.3) is 0 Å². The fourth-order valence-electron chi connectivity index (χ4n) is 2.68. The van der Waals surface area contributed by atoms with Crippen LogP contribution < -0.4 is 10.6 Å². The highest BCUT2D eigenvalue weighted by Crippen LogP contribution is 2.24. The lowest BCUT2D eigenvalue weighted by molar-refractivity contribution is 0.0697. The SMILES string of the molecule is O=C(O)c1ccc(Nc2nc(NCc3cccs3)c3ccccc3n2)cc1. The molecule has 0 radical (unpaired) electrons. The molecule has 2 heterocycles. The highest BCUT2D eigenvalue weighted by Gasteiger charge is 2.09. The number of hydrogen-bond acceptors (Lipinski definition) is 6. The fraction of sp³-hybridized carbons (Fsp3) is 0.0500. The van der Waals surface area contributed by atoms with Gasteiger partial charge in [0.2, 0.25) is 5.95 Å². The number of nitrogens with zero attached hydrogens (tertiary/aromatic N) is 2. The van der Waals surface area contributed by atoms with E-state index in [9.17, 15) is 4.79 Å². The zero-order valence-electron chi connectivity index (χ0n) is 14.2. The van der Waals surface area contributed by atoms with Crippen LogP contribution in [0.5, 0.6) is 0 Å². The van der Waals surface area contributed by atoms with Crippen molar-refractivity contribution in [2.24, 2.45) is 0 Å². The lowest BCUT2D eigenvalue weighted by Crippen LogP contribution is -2.05. The van der Waals surface area contributed by atoms with E-state index in [2.05, 4.69) is 26.7 Å².